The van der Waals surface area contributed by atoms with Gasteiger partial charge in [-0.3, -0.25) is 9.59 Å². The number of carbonyl (C=O) groups excluding carboxylic acids is 3. The van der Waals surface area contributed by atoms with Gasteiger partial charge in [0, 0.05) is 11.3 Å². The lowest BCUT2D eigenvalue weighted by atomic mass is 10.2. The van der Waals surface area contributed by atoms with Crippen LogP contribution in [-0.4, -0.2) is 33.7 Å². The maximum absolute atomic E-state index is 14.0. The zero-order valence-electron chi connectivity index (χ0n) is 16.3. The zero-order chi connectivity index (χ0) is 21.8. The molecule has 0 aliphatic rings. The second-order valence-electron chi connectivity index (χ2n) is 6.49. The van der Waals surface area contributed by atoms with E-state index in [9.17, 15) is 18.8 Å². The Hall–Kier alpha value is -4.01. The van der Waals surface area contributed by atoms with E-state index in [1.165, 1.54) is 54.2 Å². The van der Waals surface area contributed by atoms with Crippen LogP contribution in [0.25, 0.3) is 5.69 Å². The molecular weight excluding hydrogens is 391 g/mol. The number of halogens is 1. The molecule has 0 saturated heterocycles. The number of esters is 1. The highest BCUT2D eigenvalue weighted by Gasteiger charge is 2.23. The van der Waals surface area contributed by atoms with E-state index >= 15 is 0 Å². The second-order valence-corrected chi connectivity index (χ2v) is 6.49. The molecule has 154 valence electrons. The van der Waals surface area contributed by atoms with Crippen molar-refractivity contribution in [1.82, 2.24) is 9.78 Å². The predicted molar refractivity (Wildman–Crippen MR) is 107 cm³/mol. The number of ether oxygens (including phenoxy) is 1. The Labute approximate surface area is 171 Å². The molecule has 8 nitrogen and oxygen atoms in total. The predicted octanol–water partition coefficient (Wildman–Crippen LogP) is 2.60. The first-order valence-corrected chi connectivity index (χ1v) is 8.99. The molecule has 9 heteroatoms. The molecule has 0 saturated carbocycles. The van der Waals surface area contributed by atoms with Crippen molar-refractivity contribution in [3.05, 3.63) is 77.4 Å². The van der Waals surface area contributed by atoms with Crippen LogP contribution in [0.4, 0.5) is 10.1 Å². The number of hydrogen-bond donors (Lipinski definition) is 2. The molecule has 1 heterocycles. The molecule has 1 unspecified atom stereocenters. The van der Waals surface area contributed by atoms with Crippen LogP contribution in [0.5, 0.6) is 0 Å². The van der Waals surface area contributed by atoms with Crippen LogP contribution in [0.3, 0.4) is 0 Å². The minimum Gasteiger partial charge on any atom is -0.449 e. The van der Waals surface area contributed by atoms with E-state index in [-0.39, 0.29) is 11.3 Å². The van der Waals surface area contributed by atoms with Crippen LogP contribution < -0.4 is 11.1 Å². The lowest BCUT2D eigenvalue weighted by molar-refractivity contribution is -0.123. The number of para-hydroxylation sites is 1. The van der Waals surface area contributed by atoms with Crippen LogP contribution >= 0.6 is 0 Å². The lowest BCUT2D eigenvalue weighted by Crippen LogP contribution is -2.30. The van der Waals surface area contributed by atoms with Crippen LogP contribution in [0.2, 0.25) is 0 Å². The molecule has 3 N–H and O–H groups in total. The molecule has 1 atom stereocenters. The highest BCUT2D eigenvalue weighted by atomic mass is 19.1. The number of carbonyl (C=O) groups is 3. The SMILES string of the molecule is Cc1c(C(=O)OC(C)C(=O)Nc2ccc(C(N)=O)cc2)cnn1-c1ccccc1F. The van der Waals surface area contributed by atoms with Crippen LogP contribution in [0, 0.1) is 12.7 Å². The summed E-state index contributed by atoms with van der Waals surface area (Å²) in [6.07, 6.45) is 0.154. The number of anilines is 1. The Balaban J connectivity index is 1.67. The molecular formula is C21H19FN4O4. The summed E-state index contributed by atoms with van der Waals surface area (Å²) in [5, 5.41) is 6.63. The van der Waals surface area contributed by atoms with E-state index in [1.54, 1.807) is 19.1 Å². The molecule has 2 amide bonds. The Morgan fingerprint density at radius 3 is 2.43 bits per heavy atom. The van der Waals surface area contributed by atoms with Crippen molar-refractivity contribution in [2.75, 3.05) is 5.32 Å². The summed E-state index contributed by atoms with van der Waals surface area (Å²) in [6.45, 7) is 3.02. The van der Waals surface area contributed by atoms with E-state index < -0.39 is 29.7 Å². The van der Waals surface area contributed by atoms with Gasteiger partial charge in [0.05, 0.1) is 11.9 Å². The number of rotatable bonds is 6. The fraction of sp³-hybridized carbons (Fsp3) is 0.143. The molecule has 0 radical (unpaired) electrons. The van der Waals surface area contributed by atoms with Crippen LogP contribution in [0.1, 0.15) is 33.3 Å². The fourth-order valence-electron chi connectivity index (χ4n) is 2.72. The van der Waals surface area contributed by atoms with Crippen molar-refractivity contribution in [1.29, 1.82) is 0 Å². The topological polar surface area (TPSA) is 116 Å². The van der Waals surface area contributed by atoms with Gasteiger partial charge in [-0.05, 0) is 50.2 Å². The van der Waals surface area contributed by atoms with E-state index in [4.69, 9.17) is 10.5 Å². The van der Waals surface area contributed by atoms with Crippen molar-refractivity contribution >= 4 is 23.5 Å². The first kappa shape index (κ1) is 20.7. The van der Waals surface area contributed by atoms with Gasteiger partial charge in [-0.25, -0.2) is 13.9 Å². The van der Waals surface area contributed by atoms with E-state index in [0.717, 1.165) is 0 Å². The molecule has 3 rings (SSSR count). The number of nitrogens with zero attached hydrogens (tertiary/aromatic N) is 2. The number of hydrogen-bond acceptors (Lipinski definition) is 5. The first-order chi connectivity index (χ1) is 14.3. The molecule has 0 bridgehead atoms. The van der Waals surface area contributed by atoms with Crippen molar-refractivity contribution in [2.24, 2.45) is 5.73 Å². The van der Waals surface area contributed by atoms with Crippen molar-refractivity contribution in [3.63, 3.8) is 0 Å². The fourth-order valence-corrected chi connectivity index (χ4v) is 2.72. The maximum atomic E-state index is 14.0. The molecule has 30 heavy (non-hydrogen) atoms. The third kappa shape index (κ3) is 4.35. The van der Waals surface area contributed by atoms with Gasteiger partial charge < -0.3 is 15.8 Å². The zero-order valence-corrected chi connectivity index (χ0v) is 16.3. The summed E-state index contributed by atoms with van der Waals surface area (Å²) >= 11 is 0. The molecule has 2 aromatic carbocycles. The van der Waals surface area contributed by atoms with Gasteiger partial charge in [0.1, 0.15) is 17.1 Å². The van der Waals surface area contributed by atoms with Crippen molar-refractivity contribution in [2.45, 2.75) is 20.0 Å². The molecule has 3 aromatic rings. The molecule has 0 aliphatic heterocycles. The number of primary amides is 1. The monoisotopic (exact) mass is 410 g/mol. The summed E-state index contributed by atoms with van der Waals surface area (Å²) in [7, 11) is 0. The summed E-state index contributed by atoms with van der Waals surface area (Å²) in [4.78, 5) is 35.9. The quantitative estimate of drug-likeness (QED) is 0.606. The van der Waals surface area contributed by atoms with Gasteiger partial charge >= 0.3 is 5.97 Å². The Morgan fingerprint density at radius 2 is 1.80 bits per heavy atom. The summed E-state index contributed by atoms with van der Waals surface area (Å²) in [6, 6.07) is 12.0. The number of benzene rings is 2. The second kappa shape index (κ2) is 8.56. The summed E-state index contributed by atoms with van der Waals surface area (Å²) in [5.74, 6) is -2.39. The highest BCUT2D eigenvalue weighted by Crippen LogP contribution is 2.18. The lowest BCUT2D eigenvalue weighted by Gasteiger charge is -2.13. The van der Waals surface area contributed by atoms with Gasteiger partial charge in [-0.15, -0.1) is 0 Å². The number of nitrogens with one attached hydrogen (secondary N) is 1. The highest BCUT2D eigenvalue weighted by molar-refractivity contribution is 5.98. The summed E-state index contributed by atoms with van der Waals surface area (Å²) < 4.78 is 20.5. The average molecular weight is 410 g/mol. The number of aromatic nitrogens is 2. The number of nitrogens with two attached hydrogens (primary N) is 1. The third-order valence-corrected chi connectivity index (χ3v) is 4.40. The Bertz CT molecular complexity index is 1110. The minimum atomic E-state index is -1.11. The molecule has 0 spiro atoms. The van der Waals surface area contributed by atoms with Gasteiger partial charge in [-0.2, -0.15) is 5.10 Å². The average Bonchev–Trinajstić information content (AvgIpc) is 3.10. The standard InChI is InChI=1S/C21H19FN4O4/c1-12-16(11-24-26(12)18-6-4-3-5-17(18)22)21(29)30-13(2)20(28)25-15-9-7-14(8-10-15)19(23)27/h3-11,13H,1-2H3,(H2,23,27)(H,25,28). The largest absolute Gasteiger partial charge is 0.449 e. The molecule has 0 fully saturated rings. The molecule has 1 aromatic heterocycles. The van der Waals surface area contributed by atoms with Crippen molar-refractivity contribution < 1.29 is 23.5 Å². The van der Waals surface area contributed by atoms with Gasteiger partial charge in [0.15, 0.2) is 6.10 Å². The van der Waals surface area contributed by atoms with Crippen LogP contribution in [-0.2, 0) is 9.53 Å². The van der Waals surface area contributed by atoms with E-state index in [2.05, 4.69) is 10.4 Å². The van der Waals surface area contributed by atoms with Gasteiger partial charge in [-0.1, -0.05) is 12.1 Å². The van der Waals surface area contributed by atoms with Gasteiger partial charge in [0.25, 0.3) is 5.91 Å². The maximum Gasteiger partial charge on any atom is 0.342 e. The van der Waals surface area contributed by atoms with Crippen LogP contribution in [0.15, 0.2) is 54.7 Å². The Morgan fingerprint density at radius 1 is 1.13 bits per heavy atom. The Kier molecular flexibility index (Phi) is 5.91. The van der Waals surface area contributed by atoms with Crippen molar-refractivity contribution in [3.8, 4) is 5.69 Å². The smallest absolute Gasteiger partial charge is 0.342 e. The first-order valence-electron chi connectivity index (χ1n) is 8.99. The molecule has 0 aliphatic carbocycles. The third-order valence-electron chi connectivity index (χ3n) is 4.40. The van der Waals surface area contributed by atoms with E-state index in [1.807, 2.05) is 0 Å². The minimum absolute atomic E-state index is 0.115. The normalized spacial score (nSPS) is 11.6. The number of amides is 2. The van der Waals surface area contributed by atoms with E-state index in [0.29, 0.717) is 16.9 Å². The van der Waals surface area contributed by atoms with Gasteiger partial charge in [0.2, 0.25) is 5.91 Å². The summed E-state index contributed by atoms with van der Waals surface area (Å²) in [5.41, 5.74) is 6.57.